The van der Waals surface area contributed by atoms with Crippen molar-refractivity contribution in [3.63, 3.8) is 0 Å². The molecule has 2 heterocycles. The molecule has 0 atom stereocenters. The van der Waals surface area contributed by atoms with E-state index in [4.69, 9.17) is 9.47 Å². The Balaban J connectivity index is 1.84. The molecule has 0 spiro atoms. The summed E-state index contributed by atoms with van der Waals surface area (Å²) in [6.07, 6.45) is 1.99. The van der Waals surface area contributed by atoms with Crippen LogP contribution in [-0.4, -0.2) is 68.6 Å². The summed E-state index contributed by atoms with van der Waals surface area (Å²) >= 11 is 1.54. The molecule has 1 saturated heterocycles. The van der Waals surface area contributed by atoms with Gasteiger partial charge in [-0.05, 0) is 25.4 Å². The molecule has 0 radical (unpaired) electrons. The molecule has 7 nitrogen and oxygen atoms in total. The van der Waals surface area contributed by atoms with Gasteiger partial charge in [0.1, 0.15) is 11.6 Å². The molecule has 0 saturated carbocycles. The number of methoxy groups -OCH3 is 2. The first-order valence-electron chi connectivity index (χ1n) is 8.48. The number of anilines is 3. The number of benzene rings is 1. The highest BCUT2D eigenvalue weighted by atomic mass is 32.2. The van der Waals surface area contributed by atoms with Crippen molar-refractivity contribution in [1.29, 1.82) is 0 Å². The van der Waals surface area contributed by atoms with E-state index in [9.17, 15) is 0 Å². The topological polar surface area (TPSA) is 62.8 Å². The Morgan fingerprint density at radius 2 is 1.73 bits per heavy atom. The van der Waals surface area contributed by atoms with Gasteiger partial charge in [-0.1, -0.05) is 11.8 Å². The van der Waals surface area contributed by atoms with Crippen molar-refractivity contribution in [3.05, 3.63) is 24.3 Å². The predicted octanol–water partition coefficient (Wildman–Crippen LogP) is 2.71. The zero-order valence-electron chi connectivity index (χ0n) is 15.7. The first kappa shape index (κ1) is 18.6. The van der Waals surface area contributed by atoms with E-state index in [1.807, 2.05) is 30.5 Å². The summed E-state index contributed by atoms with van der Waals surface area (Å²) in [7, 11) is 5.40. The van der Waals surface area contributed by atoms with Crippen LogP contribution in [0.4, 0.5) is 17.3 Å². The van der Waals surface area contributed by atoms with Crippen molar-refractivity contribution in [3.8, 4) is 11.5 Å². The molecule has 0 aliphatic carbocycles. The van der Waals surface area contributed by atoms with E-state index in [1.54, 1.807) is 26.0 Å². The highest BCUT2D eigenvalue weighted by Gasteiger charge is 2.17. The monoisotopic (exact) mass is 375 g/mol. The number of ether oxygens (including phenoxy) is 2. The summed E-state index contributed by atoms with van der Waals surface area (Å²) in [5, 5.41) is 4.11. The zero-order chi connectivity index (χ0) is 18.5. The number of rotatable bonds is 6. The van der Waals surface area contributed by atoms with Gasteiger partial charge in [-0.15, -0.1) is 0 Å². The third-order valence-corrected chi connectivity index (χ3v) is 4.91. The van der Waals surface area contributed by atoms with Gasteiger partial charge in [0.2, 0.25) is 0 Å². The first-order chi connectivity index (χ1) is 12.6. The second-order valence-electron chi connectivity index (χ2n) is 6.08. The highest BCUT2D eigenvalue weighted by molar-refractivity contribution is 7.98. The first-order valence-corrected chi connectivity index (χ1v) is 9.71. The zero-order valence-corrected chi connectivity index (χ0v) is 16.5. The van der Waals surface area contributed by atoms with Gasteiger partial charge in [0, 0.05) is 44.0 Å². The number of hydrogen-bond acceptors (Lipinski definition) is 8. The number of nitrogens with zero attached hydrogens (tertiary/aromatic N) is 4. The van der Waals surface area contributed by atoms with Crippen LogP contribution in [0.2, 0.25) is 0 Å². The maximum atomic E-state index is 5.37. The average Bonchev–Trinajstić information content (AvgIpc) is 2.68. The molecule has 8 heteroatoms. The Labute approximate surface area is 158 Å². The molecule has 140 valence electrons. The molecular weight excluding hydrogens is 350 g/mol. The number of likely N-dealkylation sites (N-methyl/N-ethyl adjacent to an activating group) is 1. The van der Waals surface area contributed by atoms with E-state index < -0.39 is 0 Å². The van der Waals surface area contributed by atoms with Gasteiger partial charge in [-0.3, -0.25) is 0 Å². The lowest BCUT2D eigenvalue weighted by Crippen LogP contribution is -2.44. The summed E-state index contributed by atoms with van der Waals surface area (Å²) in [5.74, 6) is 3.10. The van der Waals surface area contributed by atoms with Crippen LogP contribution in [0.5, 0.6) is 11.5 Å². The van der Waals surface area contributed by atoms with Crippen molar-refractivity contribution < 1.29 is 9.47 Å². The van der Waals surface area contributed by atoms with Crippen molar-refractivity contribution in [2.75, 3.05) is 63.9 Å². The average molecular weight is 375 g/mol. The summed E-state index contributed by atoms with van der Waals surface area (Å²) in [6, 6.07) is 7.72. The maximum absolute atomic E-state index is 5.37. The van der Waals surface area contributed by atoms with Crippen LogP contribution in [0, 0.1) is 0 Å². The Morgan fingerprint density at radius 1 is 1.00 bits per heavy atom. The van der Waals surface area contributed by atoms with Crippen LogP contribution in [0.15, 0.2) is 29.4 Å². The summed E-state index contributed by atoms with van der Waals surface area (Å²) in [6.45, 7) is 4.02. The van der Waals surface area contributed by atoms with Crippen LogP contribution in [0.3, 0.4) is 0 Å². The number of hydrogen-bond donors (Lipinski definition) is 1. The van der Waals surface area contributed by atoms with E-state index in [-0.39, 0.29) is 0 Å². The fourth-order valence-corrected chi connectivity index (χ4v) is 3.20. The van der Waals surface area contributed by atoms with E-state index in [0.29, 0.717) is 11.5 Å². The molecule has 1 fully saturated rings. The summed E-state index contributed by atoms with van der Waals surface area (Å²) in [5.41, 5.74) is 0.887. The molecule has 1 aromatic heterocycles. The van der Waals surface area contributed by atoms with Crippen LogP contribution in [0.25, 0.3) is 0 Å². The lowest BCUT2D eigenvalue weighted by Gasteiger charge is -2.33. The third-order valence-electron chi connectivity index (χ3n) is 4.36. The Morgan fingerprint density at radius 3 is 2.38 bits per heavy atom. The highest BCUT2D eigenvalue weighted by Crippen LogP contribution is 2.31. The Hall–Kier alpha value is -2.19. The fraction of sp³-hybridized carbons (Fsp3) is 0.444. The van der Waals surface area contributed by atoms with Gasteiger partial charge in [-0.25, -0.2) is 9.97 Å². The van der Waals surface area contributed by atoms with Gasteiger partial charge >= 0.3 is 0 Å². The van der Waals surface area contributed by atoms with Crippen LogP contribution in [0.1, 0.15) is 0 Å². The van der Waals surface area contributed by atoms with Crippen molar-refractivity contribution >= 4 is 29.1 Å². The largest absolute Gasteiger partial charge is 0.493 e. The number of thioether (sulfide) groups is 1. The molecule has 1 aliphatic rings. The van der Waals surface area contributed by atoms with Gasteiger partial charge < -0.3 is 24.6 Å². The van der Waals surface area contributed by atoms with Crippen LogP contribution >= 0.6 is 11.8 Å². The molecule has 26 heavy (non-hydrogen) atoms. The molecule has 1 N–H and O–H groups in total. The molecule has 3 rings (SSSR count). The standard InChI is InChI=1S/C18H25N5O2S/c1-22-7-9-23(10-8-22)17-12-16(20-18(21-17)26-4)19-13-5-6-14(24-2)15(11-13)25-3/h5-6,11-12H,7-10H2,1-4H3,(H,19,20,21). The fourth-order valence-electron chi connectivity index (χ4n) is 2.83. The Bertz CT molecular complexity index is 750. The van der Waals surface area contributed by atoms with Gasteiger partial charge in [0.05, 0.1) is 14.2 Å². The predicted molar refractivity (Wildman–Crippen MR) is 106 cm³/mol. The molecular formula is C18H25N5O2S. The van der Waals surface area contributed by atoms with Gasteiger partial charge in [0.25, 0.3) is 0 Å². The normalized spacial score (nSPS) is 15.0. The van der Waals surface area contributed by atoms with E-state index in [2.05, 4.69) is 32.1 Å². The van der Waals surface area contributed by atoms with Crippen molar-refractivity contribution in [2.45, 2.75) is 5.16 Å². The van der Waals surface area contributed by atoms with Crippen molar-refractivity contribution in [2.24, 2.45) is 0 Å². The smallest absolute Gasteiger partial charge is 0.191 e. The summed E-state index contributed by atoms with van der Waals surface area (Å²) < 4.78 is 10.7. The number of nitrogens with one attached hydrogen (secondary N) is 1. The lowest BCUT2D eigenvalue weighted by molar-refractivity contribution is 0.312. The Kier molecular flexibility index (Phi) is 6.05. The van der Waals surface area contributed by atoms with E-state index in [0.717, 1.165) is 48.7 Å². The lowest BCUT2D eigenvalue weighted by atomic mass is 10.2. The molecule has 1 aromatic carbocycles. The SMILES string of the molecule is COc1ccc(Nc2cc(N3CCN(C)CC3)nc(SC)n2)cc1OC. The molecule has 0 amide bonds. The maximum Gasteiger partial charge on any atom is 0.191 e. The molecule has 0 bridgehead atoms. The molecule has 1 aliphatic heterocycles. The second-order valence-corrected chi connectivity index (χ2v) is 6.86. The van der Waals surface area contributed by atoms with Crippen LogP contribution < -0.4 is 19.7 Å². The van der Waals surface area contributed by atoms with Crippen LogP contribution in [-0.2, 0) is 0 Å². The molecule has 2 aromatic rings. The minimum absolute atomic E-state index is 0.677. The van der Waals surface area contributed by atoms with Gasteiger partial charge in [0.15, 0.2) is 16.7 Å². The summed E-state index contributed by atoms with van der Waals surface area (Å²) in [4.78, 5) is 13.9. The minimum atomic E-state index is 0.677. The quantitative estimate of drug-likeness (QED) is 0.611. The molecule has 0 unspecified atom stereocenters. The third kappa shape index (κ3) is 4.31. The van der Waals surface area contributed by atoms with Gasteiger partial charge in [-0.2, -0.15) is 0 Å². The van der Waals surface area contributed by atoms with Crippen molar-refractivity contribution in [1.82, 2.24) is 14.9 Å². The van der Waals surface area contributed by atoms with E-state index in [1.165, 1.54) is 0 Å². The second kappa shape index (κ2) is 8.46. The minimum Gasteiger partial charge on any atom is -0.493 e. The van der Waals surface area contributed by atoms with E-state index >= 15 is 0 Å². The number of aromatic nitrogens is 2. The number of piperazine rings is 1.